The number of ether oxygens (including phenoxy) is 1. The zero-order chi connectivity index (χ0) is 22.6. The van der Waals surface area contributed by atoms with Gasteiger partial charge >= 0.3 is 0 Å². The molecule has 1 unspecified atom stereocenters. The molecule has 1 aromatic heterocycles. The highest BCUT2D eigenvalue weighted by molar-refractivity contribution is 14.0. The molecule has 0 spiro atoms. The van der Waals surface area contributed by atoms with Gasteiger partial charge in [0.05, 0.1) is 18.8 Å². The van der Waals surface area contributed by atoms with E-state index in [1.165, 1.54) is 0 Å². The number of benzene rings is 1. The number of hydrogen-bond donors (Lipinski definition) is 2. The van der Waals surface area contributed by atoms with Crippen LogP contribution >= 0.6 is 35.3 Å². The Morgan fingerprint density at radius 3 is 2.59 bits per heavy atom. The summed E-state index contributed by atoms with van der Waals surface area (Å²) in [7, 11) is 3.70. The number of methoxy groups -OCH3 is 1. The smallest absolute Gasteiger partial charge is 0.251 e. The van der Waals surface area contributed by atoms with Gasteiger partial charge in [-0.25, -0.2) is 9.98 Å². The normalized spacial score (nSPS) is 12.1. The van der Waals surface area contributed by atoms with Crippen molar-refractivity contribution in [2.45, 2.75) is 52.8 Å². The van der Waals surface area contributed by atoms with Crippen LogP contribution in [0.5, 0.6) is 0 Å². The molecule has 2 rings (SSSR count). The number of carbonyl (C=O) groups excluding carboxylic acids is 1. The third-order valence-corrected chi connectivity index (χ3v) is 5.86. The highest BCUT2D eigenvalue weighted by atomic mass is 127. The van der Waals surface area contributed by atoms with Crippen LogP contribution in [0, 0.1) is 0 Å². The number of amides is 1. The molecule has 0 bridgehead atoms. The summed E-state index contributed by atoms with van der Waals surface area (Å²) in [5.74, 6) is 0.792. The van der Waals surface area contributed by atoms with Crippen LogP contribution in [0.1, 0.15) is 66.3 Å². The highest BCUT2D eigenvalue weighted by Gasteiger charge is 2.13. The van der Waals surface area contributed by atoms with E-state index in [0.717, 1.165) is 41.6 Å². The second-order valence-electron chi connectivity index (χ2n) is 7.39. The number of carbonyl (C=O) groups is 1. The minimum Gasteiger partial charge on any atom is -0.375 e. The molecule has 2 N–H and O–H groups in total. The summed E-state index contributed by atoms with van der Waals surface area (Å²) in [4.78, 5) is 23.6. The lowest BCUT2D eigenvalue weighted by atomic mass is 10.1. The van der Waals surface area contributed by atoms with E-state index in [-0.39, 0.29) is 36.0 Å². The zero-order valence-electron chi connectivity index (χ0n) is 19.7. The van der Waals surface area contributed by atoms with Gasteiger partial charge in [0.1, 0.15) is 11.1 Å². The second kappa shape index (κ2) is 15.2. The molecular weight excluding hydrogens is 537 g/mol. The molecule has 178 valence electrons. The van der Waals surface area contributed by atoms with Crippen LogP contribution in [0.2, 0.25) is 0 Å². The summed E-state index contributed by atoms with van der Waals surface area (Å²) in [6.07, 6.45) is 2.06. The topological polar surface area (TPSA) is 78.9 Å². The molecule has 0 saturated heterocycles. The van der Waals surface area contributed by atoms with Gasteiger partial charge in [-0.2, -0.15) is 0 Å². The molecule has 1 atom stereocenters. The molecular formula is C23H36IN5O2S. The minimum atomic E-state index is -0.0259. The van der Waals surface area contributed by atoms with Crippen LogP contribution in [-0.2, 0) is 17.8 Å². The average molecular weight is 574 g/mol. The van der Waals surface area contributed by atoms with Gasteiger partial charge in [0.25, 0.3) is 5.91 Å². The fourth-order valence-corrected chi connectivity index (χ4v) is 3.72. The fraction of sp³-hybridized carbons (Fsp3) is 0.522. The van der Waals surface area contributed by atoms with Crippen molar-refractivity contribution in [3.05, 3.63) is 51.5 Å². The number of halogens is 1. The van der Waals surface area contributed by atoms with Crippen molar-refractivity contribution in [1.29, 1.82) is 0 Å². The third-order valence-electron chi connectivity index (χ3n) is 4.81. The number of aliphatic imine (C=N–C) groups is 1. The Labute approximate surface area is 213 Å². The maximum atomic E-state index is 12.1. The molecule has 0 aliphatic heterocycles. The van der Waals surface area contributed by atoms with Crippen molar-refractivity contribution in [2.24, 2.45) is 4.99 Å². The first kappa shape index (κ1) is 28.3. The third kappa shape index (κ3) is 9.03. The monoisotopic (exact) mass is 573 g/mol. The number of nitrogens with one attached hydrogen (secondary N) is 2. The number of nitrogens with zero attached hydrogens (tertiary/aromatic N) is 3. The number of aromatic nitrogens is 1. The van der Waals surface area contributed by atoms with Crippen LogP contribution in [0.25, 0.3) is 0 Å². The van der Waals surface area contributed by atoms with Gasteiger partial charge in [0.15, 0.2) is 5.96 Å². The van der Waals surface area contributed by atoms with Gasteiger partial charge in [-0.05, 0) is 38.0 Å². The van der Waals surface area contributed by atoms with Gasteiger partial charge in [0, 0.05) is 38.2 Å². The Morgan fingerprint density at radius 1 is 1.25 bits per heavy atom. The largest absolute Gasteiger partial charge is 0.375 e. The number of thiazole rings is 1. The quantitative estimate of drug-likeness (QED) is 0.178. The van der Waals surface area contributed by atoms with Crippen LogP contribution in [0.4, 0.5) is 0 Å². The summed E-state index contributed by atoms with van der Waals surface area (Å²) >= 11 is 1.61. The van der Waals surface area contributed by atoms with Crippen LogP contribution < -0.4 is 10.6 Å². The fourth-order valence-electron chi connectivity index (χ4n) is 2.88. The first-order valence-electron chi connectivity index (χ1n) is 10.8. The molecule has 0 saturated carbocycles. The van der Waals surface area contributed by atoms with Crippen molar-refractivity contribution in [3.63, 3.8) is 0 Å². The second-order valence-corrected chi connectivity index (χ2v) is 8.28. The molecule has 1 heterocycles. The molecule has 1 aromatic carbocycles. The Kier molecular flexibility index (Phi) is 13.4. The summed E-state index contributed by atoms with van der Waals surface area (Å²) in [6, 6.07) is 7.63. The van der Waals surface area contributed by atoms with Gasteiger partial charge in [0.2, 0.25) is 0 Å². The molecule has 7 nitrogen and oxygen atoms in total. The van der Waals surface area contributed by atoms with E-state index >= 15 is 0 Å². The van der Waals surface area contributed by atoms with E-state index in [2.05, 4.69) is 39.7 Å². The van der Waals surface area contributed by atoms with Gasteiger partial charge in [-0.3, -0.25) is 4.79 Å². The first-order valence-corrected chi connectivity index (χ1v) is 11.7. The Morgan fingerprint density at radius 2 is 1.97 bits per heavy atom. The van der Waals surface area contributed by atoms with Gasteiger partial charge in [-0.1, -0.05) is 25.5 Å². The Balaban J connectivity index is 0.00000512. The predicted octanol–water partition coefficient (Wildman–Crippen LogP) is 4.60. The number of unbranched alkanes of at least 4 members (excludes halogenated alkanes) is 1. The lowest BCUT2D eigenvalue weighted by Gasteiger charge is -2.21. The lowest BCUT2D eigenvalue weighted by molar-refractivity contribution is 0.0953. The van der Waals surface area contributed by atoms with Crippen molar-refractivity contribution in [2.75, 3.05) is 27.2 Å². The number of guanidine groups is 1. The standard InChI is InChI=1S/C23H35N5O2S.HI/c1-6-8-13-25-21(29)19-11-9-18(10-12-19)14-26-23(24-7-2)28(4)15-20-16-31-22(27-20)17(3)30-5;/h9-12,16-17H,6-8,13-15H2,1-5H3,(H,24,26)(H,25,29);1H. The molecule has 32 heavy (non-hydrogen) atoms. The number of hydrogen-bond acceptors (Lipinski definition) is 5. The summed E-state index contributed by atoms with van der Waals surface area (Å²) < 4.78 is 5.35. The van der Waals surface area contributed by atoms with Crippen LogP contribution in [0.3, 0.4) is 0 Å². The van der Waals surface area contributed by atoms with Gasteiger partial charge < -0.3 is 20.3 Å². The van der Waals surface area contributed by atoms with Gasteiger partial charge in [-0.15, -0.1) is 35.3 Å². The maximum Gasteiger partial charge on any atom is 0.251 e. The highest BCUT2D eigenvalue weighted by Crippen LogP contribution is 2.21. The van der Waals surface area contributed by atoms with Crippen LogP contribution in [0.15, 0.2) is 34.6 Å². The molecule has 1 amide bonds. The zero-order valence-corrected chi connectivity index (χ0v) is 22.8. The molecule has 2 aromatic rings. The van der Waals surface area contributed by atoms with Crippen molar-refractivity contribution < 1.29 is 9.53 Å². The Bertz CT molecular complexity index is 841. The molecule has 0 aliphatic rings. The molecule has 0 fully saturated rings. The molecule has 9 heteroatoms. The maximum absolute atomic E-state index is 12.1. The summed E-state index contributed by atoms with van der Waals surface area (Å²) in [5.41, 5.74) is 2.73. The Hall–Kier alpha value is -1.72. The molecule has 0 aliphatic carbocycles. The number of rotatable bonds is 11. The van der Waals surface area contributed by atoms with E-state index in [4.69, 9.17) is 9.73 Å². The van der Waals surface area contributed by atoms with E-state index < -0.39 is 0 Å². The predicted molar refractivity (Wildman–Crippen MR) is 143 cm³/mol. The summed E-state index contributed by atoms with van der Waals surface area (Å²) in [5, 5.41) is 9.32. The van der Waals surface area contributed by atoms with E-state index in [1.807, 2.05) is 38.2 Å². The first-order chi connectivity index (χ1) is 15.0. The van der Waals surface area contributed by atoms with E-state index in [1.54, 1.807) is 18.4 Å². The van der Waals surface area contributed by atoms with Crippen LogP contribution in [-0.4, -0.2) is 49.0 Å². The van der Waals surface area contributed by atoms with E-state index in [9.17, 15) is 4.79 Å². The average Bonchev–Trinajstić information content (AvgIpc) is 3.24. The van der Waals surface area contributed by atoms with Crippen molar-refractivity contribution in [1.82, 2.24) is 20.5 Å². The molecule has 0 radical (unpaired) electrons. The SMILES string of the molecule is CCCCNC(=O)c1ccc(CN=C(NCC)N(C)Cc2csc(C(C)OC)n2)cc1.I. The van der Waals surface area contributed by atoms with Crippen molar-refractivity contribution >= 4 is 47.2 Å². The van der Waals surface area contributed by atoms with E-state index in [0.29, 0.717) is 25.2 Å². The summed E-state index contributed by atoms with van der Waals surface area (Å²) in [6.45, 7) is 8.85. The minimum absolute atomic E-state index is 0. The lowest BCUT2D eigenvalue weighted by Crippen LogP contribution is -2.38. The van der Waals surface area contributed by atoms with Crippen molar-refractivity contribution in [3.8, 4) is 0 Å².